The summed E-state index contributed by atoms with van der Waals surface area (Å²) >= 11 is 3.95. The molecule has 0 aliphatic rings. The van der Waals surface area contributed by atoms with Crippen LogP contribution >= 0.6 is 23.5 Å². The van der Waals surface area contributed by atoms with E-state index in [-0.39, 0.29) is 0 Å². The summed E-state index contributed by atoms with van der Waals surface area (Å²) < 4.78 is 0. The summed E-state index contributed by atoms with van der Waals surface area (Å²) in [6, 6.07) is 0. The standard InChI is InChI=1S/C16H30S2/c1-3-5-6-7-8-9-10-14-18-16-12-11-15-17-13-4-2/h3-10,13-16H2,1-2H3. The first kappa shape index (κ1) is 18.3. The van der Waals surface area contributed by atoms with Gasteiger partial charge in [0.1, 0.15) is 0 Å². The Kier molecular flexibility index (Phi) is 17.5. The highest BCUT2D eigenvalue weighted by molar-refractivity contribution is 7.99. The van der Waals surface area contributed by atoms with Crippen molar-refractivity contribution in [1.29, 1.82) is 0 Å². The van der Waals surface area contributed by atoms with Crippen LogP contribution in [0, 0.1) is 11.8 Å². The highest BCUT2D eigenvalue weighted by atomic mass is 32.2. The first-order valence-corrected chi connectivity index (χ1v) is 9.84. The lowest BCUT2D eigenvalue weighted by molar-refractivity contribution is 0.603. The molecule has 0 aliphatic carbocycles. The highest BCUT2D eigenvalue weighted by Crippen LogP contribution is 2.10. The van der Waals surface area contributed by atoms with Gasteiger partial charge >= 0.3 is 0 Å². The summed E-state index contributed by atoms with van der Waals surface area (Å²) in [5.74, 6) is 11.1. The normalized spacial score (nSPS) is 10.1. The van der Waals surface area contributed by atoms with Gasteiger partial charge in [-0.15, -0.1) is 23.5 Å². The Labute approximate surface area is 123 Å². The molecule has 0 aromatic rings. The average molecular weight is 287 g/mol. The van der Waals surface area contributed by atoms with Gasteiger partial charge in [0.15, 0.2) is 0 Å². The third-order valence-electron chi connectivity index (χ3n) is 2.71. The Morgan fingerprint density at radius 3 is 1.78 bits per heavy atom. The predicted molar refractivity (Wildman–Crippen MR) is 90.7 cm³/mol. The van der Waals surface area contributed by atoms with Crippen LogP contribution in [0.15, 0.2) is 0 Å². The van der Waals surface area contributed by atoms with E-state index in [1.165, 1.54) is 62.9 Å². The van der Waals surface area contributed by atoms with E-state index in [4.69, 9.17) is 0 Å². The van der Waals surface area contributed by atoms with E-state index in [1.54, 1.807) is 0 Å². The molecule has 0 aromatic carbocycles. The number of hydrogen-bond donors (Lipinski definition) is 0. The van der Waals surface area contributed by atoms with Crippen LogP contribution in [-0.4, -0.2) is 23.0 Å². The maximum atomic E-state index is 3.26. The van der Waals surface area contributed by atoms with E-state index in [1.807, 2.05) is 23.5 Å². The fourth-order valence-electron chi connectivity index (χ4n) is 1.65. The molecule has 0 aliphatic heterocycles. The third-order valence-corrected chi connectivity index (χ3v) is 4.69. The predicted octanol–water partition coefficient (Wildman–Crippen LogP) is 5.62. The minimum absolute atomic E-state index is 1.02. The van der Waals surface area contributed by atoms with Crippen molar-refractivity contribution in [2.24, 2.45) is 0 Å². The molecule has 0 rings (SSSR count). The Morgan fingerprint density at radius 2 is 1.17 bits per heavy atom. The van der Waals surface area contributed by atoms with Crippen molar-refractivity contribution in [1.82, 2.24) is 0 Å². The summed E-state index contributed by atoms with van der Waals surface area (Å²) in [5.41, 5.74) is 0. The van der Waals surface area contributed by atoms with Crippen molar-refractivity contribution < 1.29 is 0 Å². The molecule has 0 amide bonds. The zero-order valence-electron chi connectivity index (χ0n) is 12.3. The van der Waals surface area contributed by atoms with Crippen LogP contribution in [0.5, 0.6) is 0 Å². The van der Waals surface area contributed by atoms with Crippen LogP contribution in [0.3, 0.4) is 0 Å². The number of unbranched alkanes of at least 4 members (excludes halogenated alkanes) is 6. The van der Waals surface area contributed by atoms with Crippen LogP contribution in [0.25, 0.3) is 0 Å². The second-order valence-corrected chi connectivity index (χ2v) is 6.79. The Hall–Kier alpha value is 0.260. The Bertz CT molecular complexity index is 203. The molecule has 0 heterocycles. The van der Waals surface area contributed by atoms with Crippen molar-refractivity contribution in [2.45, 2.75) is 65.2 Å². The Balaban J connectivity index is 3.02. The molecule has 0 N–H and O–H groups in total. The van der Waals surface area contributed by atoms with E-state index in [2.05, 4.69) is 25.7 Å². The molecular formula is C16H30S2. The minimum Gasteiger partial charge on any atom is -0.149 e. The molecular weight excluding hydrogens is 256 g/mol. The van der Waals surface area contributed by atoms with E-state index < -0.39 is 0 Å². The van der Waals surface area contributed by atoms with Gasteiger partial charge in [0.2, 0.25) is 0 Å². The molecule has 0 saturated heterocycles. The highest BCUT2D eigenvalue weighted by Gasteiger charge is 1.91. The molecule has 18 heavy (non-hydrogen) atoms. The fourth-order valence-corrected chi connectivity index (χ4v) is 3.05. The molecule has 0 unspecified atom stereocenters. The molecule has 0 spiro atoms. The summed E-state index contributed by atoms with van der Waals surface area (Å²) in [6.07, 6.45) is 11.1. The molecule has 0 bridgehead atoms. The lowest BCUT2D eigenvalue weighted by atomic mass is 10.1. The second kappa shape index (κ2) is 17.3. The quantitative estimate of drug-likeness (QED) is 0.337. The fraction of sp³-hybridized carbons (Fsp3) is 0.875. The lowest BCUT2D eigenvalue weighted by Gasteiger charge is -2.00. The second-order valence-electron chi connectivity index (χ2n) is 4.58. The number of rotatable bonds is 12. The van der Waals surface area contributed by atoms with Gasteiger partial charge in [0, 0.05) is 0 Å². The van der Waals surface area contributed by atoms with Crippen LogP contribution in [-0.2, 0) is 0 Å². The zero-order chi connectivity index (χ0) is 13.3. The van der Waals surface area contributed by atoms with Crippen molar-refractivity contribution in [3.05, 3.63) is 0 Å². The van der Waals surface area contributed by atoms with Crippen molar-refractivity contribution in [3.63, 3.8) is 0 Å². The molecule has 0 fully saturated rings. The summed E-state index contributed by atoms with van der Waals surface area (Å²) in [4.78, 5) is 0. The first-order chi connectivity index (χ1) is 8.91. The summed E-state index contributed by atoms with van der Waals surface area (Å²) in [5, 5.41) is 0. The van der Waals surface area contributed by atoms with Gasteiger partial charge in [0.25, 0.3) is 0 Å². The van der Waals surface area contributed by atoms with Gasteiger partial charge in [-0.05, 0) is 24.3 Å². The third kappa shape index (κ3) is 16.3. The van der Waals surface area contributed by atoms with Gasteiger partial charge in [-0.25, -0.2) is 0 Å². The molecule has 106 valence electrons. The van der Waals surface area contributed by atoms with Crippen molar-refractivity contribution in [3.8, 4) is 11.8 Å². The van der Waals surface area contributed by atoms with Gasteiger partial charge in [0.05, 0.1) is 11.5 Å². The topological polar surface area (TPSA) is 0 Å². The van der Waals surface area contributed by atoms with Gasteiger partial charge in [-0.3, -0.25) is 0 Å². The summed E-state index contributed by atoms with van der Waals surface area (Å²) in [7, 11) is 0. The van der Waals surface area contributed by atoms with Crippen LogP contribution < -0.4 is 0 Å². The molecule has 0 nitrogen and oxygen atoms in total. The Morgan fingerprint density at radius 1 is 0.611 bits per heavy atom. The number of hydrogen-bond acceptors (Lipinski definition) is 2. The minimum atomic E-state index is 1.02. The van der Waals surface area contributed by atoms with E-state index in [0.29, 0.717) is 0 Å². The van der Waals surface area contributed by atoms with Crippen molar-refractivity contribution >= 4 is 23.5 Å². The molecule has 2 heteroatoms. The van der Waals surface area contributed by atoms with Crippen molar-refractivity contribution in [2.75, 3.05) is 23.0 Å². The maximum absolute atomic E-state index is 3.26. The lowest BCUT2D eigenvalue weighted by Crippen LogP contribution is -1.84. The van der Waals surface area contributed by atoms with Crippen LogP contribution in [0.2, 0.25) is 0 Å². The average Bonchev–Trinajstić information content (AvgIpc) is 2.39. The van der Waals surface area contributed by atoms with Gasteiger partial charge in [-0.1, -0.05) is 64.2 Å². The van der Waals surface area contributed by atoms with E-state index >= 15 is 0 Å². The van der Waals surface area contributed by atoms with E-state index in [9.17, 15) is 0 Å². The monoisotopic (exact) mass is 286 g/mol. The maximum Gasteiger partial charge on any atom is 0.0547 e. The number of thioether (sulfide) groups is 2. The smallest absolute Gasteiger partial charge is 0.0547 e. The molecule has 0 saturated carbocycles. The summed E-state index contributed by atoms with van der Waals surface area (Å²) in [6.45, 7) is 4.50. The van der Waals surface area contributed by atoms with Gasteiger partial charge in [-0.2, -0.15) is 0 Å². The van der Waals surface area contributed by atoms with E-state index in [0.717, 1.165) is 11.5 Å². The van der Waals surface area contributed by atoms with Crippen LogP contribution in [0.1, 0.15) is 65.2 Å². The zero-order valence-corrected chi connectivity index (χ0v) is 13.9. The largest absolute Gasteiger partial charge is 0.149 e. The first-order valence-electron chi connectivity index (χ1n) is 7.53. The van der Waals surface area contributed by atoms with Gasteiger partial charge < -0.3 is 0 Å². The van der Waals surface area contributed by atoms with Crippen LogP contribution in [0.4, 0.5) is 0 Å². The molecule has 0 aromatic heterocycles. The molecule has 0 atom stereocenters. The molecule has 0 radical (unpaired) electrons. The SMILES string of the molecule is CCCCCCCCCSCC#CCSCCC.